The minimum absolute atomic E-state index is 0.160. The fourth-order valence-corrected chi connectivity index (χ4v) is 3.11. The molecule has 1 saturated heterocycles. The van der Waals surface area contributed by atoms with Gasteiger partial charge in [-0.1, -0.05) is 12.1 Å². The summed E-state index contributed by atoms with van der Waals surface area (Å²) in [4.78, 5) is 22.2. The van der Waals surface area contributed by atoms with E-state index in [1.54, 1.807) is 4.90 Å². The zero-order valence-electron chi connectivity index (χ0n) is 13.0. The molecule has 1 fully saturated rings. The molecule has 0 bridgehead atoms. The summed E-state index contributed by atoms with van der Waals surface area (Å²) in [5, 5.41) is 0. The summed E-state index contributed by atoms with van der Waals surface area (Å²) in [5.74, 6) is 0.142. The molecule has 2 aromatic heterocycles. The number of oxazole rings is 1. The van der Waals surface area contributed by atoms with Gasteiger partial charge < -0.3 is 9.32 Å². The summed E-state index contributed by atoms with van der Waals surface area (Å²) < 4.78 is 19.0. The van der Waals surface area contributed by atoms with E-state index < -0.39 is 5.95 Å². The molecule has 0 aliphatic carbocycles. The summed E-state index contributed by atoms with van der Waals surface area (Å²) in [6, 6.07) is 10.4. The first-order valence-corrected chi connectivity index (χ1v) is 7.97. The molecule has 5 nitrogen and oxygen atoms in total. The van der Waals surface area contributed by atoms with Crippen LogP contribution in [0.25, 0.3) is 11.1 Å². The molecule has 6 heteroatoms. The van der Waals surface area contributed by atoms with E-state index in [-0.39, 0.29) is 11.8 Å². The number of amides is 1. The standard InChI is InChI=1S/C18H16FN3O2/c19-16-11-13(5-8-20-16)18(23)22-9-6-12(7-10-22)17-21-14-3-1-2-4-15(14)24-17/h1-5,8,11-12H,6-7,9-10H2. The molecule has 3 aromatic rings. The van der Waals surface area contributed by atoms with Crippen molar-refractivity contribution in [1.82, 2.24) is 14.9 Å². The number of benzene rings is 1. The summed E-state index contributed by atoms with van der Waals surface area (Å²) in [6.45, 7) is 1.21. The molecule has 3 heterocycles. The van der Waals surface area contributed by atoms with Crippen molar-refractivity contribution in [3.05, 3.63) is 60.0 Å². The fraction of sp³-hybridized carbons (Fsp3) is 0.278. The Kier molecular flexibility index (Phi) is 3.72. The van der Waals surface area contributed by atoms with Gasteiger partial charge in [-0.15, -0.1) is 0 Å². The molecule has 1 amide bonds. The molecule has 0 spiro atoms. The first-order chi connectivity index (χ1) is 11.7. The second-order valence-corrected chi connectivity index (χ2v) is 5.95. The lowest BCUT2D eigenvalue weighted by atomic mass is 9.96. The van der Waals surface area contributed by atoms with E-state index in [9.17, 15) is 9.18 Å². The quantitative estimate of drug-likeness (QED) is 0.678. The Bertz CT molecular complexity index is 852. The number of likely N-dealkylation sites (tertiary alicyclic amines) is 1. The smallest absolute Gasteiger partial charge is 0.254 e. The highest BCUT2D eigenvalue weighted by Gasteiger charge is 2.27. The van der Waals surface area contributed by atoms with Crippen LogP contribution in [0, 0.1) is 5.95 Å². The van der Waals surface area contributed by atoms with Crippen molar-refractivity contribution in [3.8, 4) is 0 Å². The molecule has 24 heavy (non-hydrogen) atoms. The van der Waals surface area contributed by atoms with Crippen molar-refractivity contribution < 1.29 is 13.6 Å². The number of halogens is 1. The molecular weight excluding hydrogens is 309 g/mol. The van der Waals surface area contributed by atoms with Crippen molar-refractivity contribution in [2.75, 3.05) is 13.1 Å². The number of fused-ring (bicyclic) bond motifs is 1. The van der Waals surface area contributed by atoms with Crippen LogP contribution in [0.2, 0.25) is 0 Å². The molecule has 0 N–H and O–H groups in total. The van der Waals surface area contributed by atoms with E-state index in [0.717, 1.165) is 29.8 Å². The number of hydrogen-bond acceptors (Lipinski definition) is 4. The number of piperidine rings is 1. The lowest BCUT2D eigenvalue weighted by Crippen LogP contribution is -2.38. The Morgan fingerprint density at radius 3 is 2.75 bits per heavy atom. The van der Waals surface area contributed by atoms with Crippen molar-refractivity contribution in [1.29, 1.82) is 0 Å². The van der Waals surface area contributed by atoms with Gasteiger partial charge in [0.2, 0.25) is 5.95 Å². The highest BCUT2D eigenvalue weighted by Crippen LogP contribution is 2.30. The average Bonchev–Trinajstić information content (AvgIpc) is 3.05. The van der Waals surface area contributed by atoms with Crippen molar-refractivity contribution >= 4 is 17.0 Å². The third-order valence-corrected chi connectivity index (χ3v) is 4.42. The molecule has 4 rings (SSSR count). The second kappa shape index (κ2) is 6.03. The van der Waals surface area contributed by atoms with Gasteiger partial charge >= 0.3 is 0 Å². The molecule has 122 valence electrons. The van der Waals surface area contributed by atoms with E-state index >= 15 is 0 Å². The van der Waals surface area contributed by atoms with Crippen LogP contribution in [0.4, 0.5) is 4.39 Å². The van der Waals surface area contributed by atoms with E-state index in [0.29, 0.717) is 18.7 Å². The first kappa shape index (κ1) is 14.8. The third kappa shape index (κ3) is 2.75. The van der Waals surface area contributed by atoms with Gasteiger partial charge in [0, 0.05) is 36.8 Å². The largest absolute Gasteiger partial charge is 0.440 e. The van der Waals surface area contributed by atoms with Gasteiger partial charge in [0.1, 0.15) is 5.52 Å². The minimum Gasteiger partial charge on any atom is -0.440 e. The molecule has 0 atom stereocenters. The van der Waals surface area contributed by atoms with E-state index in [1.165, 1.54) is 18.3 Å². The Hall–Kier alpha value is -2.76. The lowest BCUT2D eigenvalue weighted by Gasteiger charge is -2.30. The van der Waals surface area contributed by atoms with Gasteiger partial charge in [0.15, 0.2) is 11.5 Å². The van der Waals surface area contributed by atoms with Crippen LogP contribution < -0.4 is 0 Å². The number of carbonyl (C=O) groups is 1. The summed E-state index contributed by atoms with van der Waals surface area (Å²) in [7, 11) is 0. The Balaban J connectivity index is 1.45. The Morgan fingerprint density at radius 1 is 1.21 bits per heavy atom. The SMILES string of the molecule is O=C(c1ccnc(F)c1)N1CCC(c2nc3ccccc3o2)CC1. The zero-order valence-corrected chi connectivity index (χ0v) is 13.0. The second-order valence-electron chi connectivity index (χ2n) is 5.95. The maximum Gasteiger partial charge on any atom is 0.254 e. The summed E-state index contributed by atoms with van der Waals surface area (Å²) >= 11 is 0. The maximum atomic E-state index is 13.2. The molecule has 1 aromatic carbocycles. The van der Waals surface area contributed by atoms with Crippen molar-refractivity contribution in [2.24, 2.45) is 0 Å². The van der Waals surface area contributed by atoms with Crippen LogP contribution in [-0.4, -0.2) is 33.9 Å². The number of para-hydroxylation sites is 2. The monoisotopic (exact) mass is 325 g/mol. The Morgan fingerprint density at radius 2 is 2.00 bits per heavy atom. The lowest BCUT2D eigenvalue weighted by molar-refractivity contribution is 0.0706. The number of hydrogen-bond donors (Lipinski definition) is 0. The topological polar surface area (TPSA) is 59.2 Å². The average molecular weight is 325 g/mol. The van der Waals surface area contributed by atoms with Gasteiger partial charge in [-0.25, -0.2) is 9.97 Å². The molecule has 0 unspecified atom stereocenters. The molecular formula is C18H16FN3O2. The van der Waals surface area contributed by atoms with Gasteiger partial charge in [-0.3, -0.25) is 4.79 Å². The number of rotatable bonds is 2. The normalized spacial score (nSPS) is 15.8. The number of aromatic nitrogens is 2. The van der Waals surface area contributed by atoms with Crippen LogP contribution in [0.3, 0.4) is 0 Å². The Labute approximate surface area is 138 Å². The first-order valence-electron chi connectivity index (χ1n) is 7.97. The number of pyridine rings is 1. The van der Waals surface area contributed by atoms with Crippen LogP contribution in [0.1, 0.15) is 35.0 Å². The predicted octanol–water partition coefficient (Wildman–Crippen LogP) is 3.38. The van der Waals surface area contributed by atoms with E-state index in [4.69, 9.17) is 4.42 Å². The summed E-state index contributed by atoms with van der Waals surface area (Å²) in [6.07, 6.45) is 2.88. The van der Waals surface area contributed by atoms with E-state index in [1.807, 2.05) is 24.3 Å². The van der Waals surface area contributed by atoms with Crippen molar-refractivity contribution in [3.63, 3.8) is 0 Å². The minimum atomic E-state index is -0.637. The van der Waals surface area contributed by atoms with Gasteiger partial charge in [0.25, 0.3) is 5.91 Å². The number of nitrogens with zero attached hydrogens (tertiary/aromatic N) is 3. The van der Waals surface area contributed by atoms with Gasteiger partial charge in [-0.05, 0) is 31.0 Å². The van der Waals surface area contributed by atoms with Gasteiger partial charge in [-0.2, -0.15) is 4.39 Å². The molecule has 1 aliphatic heterocycles. The highest BCUT2D eigenvalue weighted by molar-refractivity contribution is 5.94. The highest BCUT2D eigenvalue weighted by atomic mass is 19.1. The van der Waals surface area contributed by atoms with Gasteiger partial charge in [0.05, 0.1) is 0 Å². The van der Waals surface area contributed by atoms with Crippen LogP contribution in [0.15, 0.2) is 47.0 Å². The molecule has 1 aliphatic rings. The summed E-state index contributed by atoms with van der Waals surface area (Å²) in [5.41, 5.74) is 1.99. The zero-order chi connectivity index (χ0) is 16.5. The third-order valence-electron chi connectivity index (χ3n) is 4.42. The van der Waals surface area contributed by atoms with Crippen LogP contribution >= 0.6 is 0 Å². The van der Waals surface area contributed by atoms with Crippen LogP contribution in [-0.2, 0) is 0 Å². The predicted molar refractivity (Wildman–Crippen MR) is 86.1 cm³/mol. The molecule has 0 saturated carbocycles. The van der Waals surface area contributed by atoms with Crippen LogP contribution in [0.5, 0.6) is 0 Å². The van der Waals surface area contributed by atoms with E-state index in [2.05, 4.69) is 9.97 Å². The number of carbonyl (C=O) groups excluding carboxylic acids is 1. The molecule has 0 radical (unpaired) electrons. The van der Waals surface area contributed by atoms with Crippen molar-refractivity contribution in [2.45, 2.75) is 18.8 Å². The maximum absolute atomic E-state index is 13.2. The fourth-order valence-electron chi connectivity index (χ4n) is 3.11.